The molecule has 1 aromatic carbocycles. The Labute approximate surface area is 130 Å². The van der Waals surface area contributed by atoms with Gasteiger partial charge in [0.2, 0.25) is 11.8 Å². The van der Waals surface area contributed by atoms with Crippen LogP contribution in [0.1, 0.15) is 6.42 Å². The van der Waals surface area contributed by atoms with Crippen LogP contribution >= 0.6 is 15.9 Å². The largest absolute Gasteiger partial charge is 0.489 e. The van der Waals surface area contributed by atoms with E-state index in [1.165, 1.54) is 0 Å². The molecular formula is C14H15BrN2O4. The zero-order valence-electron chi connectivity index (χ0n) is 11.3. The summed E-state index contributed by atoms with van der Waals surface area (Å²) in [5.41, 5.74) is 0.559. The summed E-state index contributed by atoms with van der Waals surface area (Å²) in [5.74, 6) is 0.467. The molecule has 1 aromatic rings. The number of carbonyl (C=O) groups is 2. The van der Waals surface area contributed by atoms with E-state index in [2.05, 4.69) is 33.1 Å². The summed E-state index contributed by atoms with van der Waals surface area (Å²) in [4.78, 5) is 22.7. The summed E-state index contributed by atoms with van der Waals surface area (Å²) < 4.78 is 11.9. The predicted molar refractivity (Wildman–Crippen MR) is 81.6 cm³/mol. The Balaban J connectivity index is 2.05. The minimum Gasteiger partial charge on any atom is -0.489 e. The van der Waals surface area contributed by atoms with Crippen LogP contribution in [-0.2, 0) is 9.59 Å². The number of benzene rings is 1. The molecule has 0 aliphatic carbocycles. The van der Waals surface area contributed by atoms with Gasteiger partial charge in [-0.2, -0.15) is 0 Å². The molecule has 0 aromatic heterocycles. The van der Waals surface area contributed by atoms with E-state index in [0.29, 0.717) is 34.9 Å². The van der Waals surface area contributed by atoms with Crippen LogP contribution in [-0.4, -0.2) is 31.6 Å². The third-order valence-electron chi connectivity index (χ3n) is 2.69. The van der Waals surface area contributed by atoms with E-state index in [1.54, 1.807) is 12.1 Å². The lowest BCUT2D eigenvalue weighted by atomic mass is 10.2. The Bertz CT molecular complexity index is 574. The van der Waals surface area contributed by atoms with E-state index in [1.807, 2.05) is 0 Å². The monoisotopic (exact) mass is 354 g/mol. The quantitative estimate of drug-likeness (QED) is 0.809. The van der Waals surface area contributed by atoms with Gasteiger partial charge in [0.25, 0.3) is 0 Å². The van der Waals surface area contributed by atoms with Crippen molar-refractivity contribution in [2.24, 2.45) is 0 Å². The number of nitrogens with one attached hydrogen (secondary N) is 2. The van der Waals surface area contributed by atoms with Gasteiger partial charge in [0.15, 0.2) is 11.5 Å². The van der Waals surface area contributed by atoms with Gasteiger partial charge < -0.3 is 20.1 Å². The zero-order chi connectivity index (χ0) is 15.2. The highest BCUT2D eigenvalue weighted by Gasteiger charge is 2.16. The van der Waals surface area contributed by atoms with Gasteiger partial charge in [0.1, 0.15) is 0 Å². The van der Waals surface area contributed by atoms with Crippen LogP contribution in [0.15, 0.2) is 29.3 Å². The molecule has 21 heavy (non-hydrogen) atoms. The highest BCUT2D eigenvalue weighted by molar-refractivity contribution is 9.10. The van der Waals surface area contributed by atoms with Crippen molar-refractivity contribution in [1.29, 1.82) is 0 Å². The molecule has 6 nitrogen and oxygen atoms in total. The molecule has 2 N–H and O–H groups in total. The van der Waals surface area contributed by atoms with E-state index in [-0.39, 0.29) is 12.5 Å². The number of hydrogen-bond acceptors (Lipinski definition) is 4. The lowest BCUT2D eigenvalue weighted by Gasteiger charge is -2.12. The van der Waals surface area contributed by atoms with Gasteiger partial charge in [-0.25, -0.2) is 0 Å². The molecule has 2 amide bonds. The second-order valence-electron chi connectivity index (χ2n) is 4.31. The molecule has 1 heterocycles. The zero-order valence-corrected chi connectivity index (χ0v) is 12.9. The van der Waals surface area contributed by atoms with Gasteiger partial charge >= 0.3 is 0 Å². The van der Waals surface area contributed by atoms with Crippen LogP contribution < -0.4 is 20.1 Å². The maximum absolute atomic E-state index is 11.7. The van der Waals surface area contributed by atoms with Crippen molar-refractivity contribution < 1.29 is 19.1 Å². The van der Waals surface area contributed by atoms with Crippen molar-refractivity contribution in [3.63, 3.8) is 0 Å². The average molecular weight is 355 g/mol. The summed E-state index contributed by atoms with van der Waals surface area (Å²) in [5, 5.41) is 5.08. The van der Waals surface area contributed by atoms with E-state index in [4.69, 9.17) is 9.47 Å². The summed E-state index contributed by atoms with van der Waals surface area (Å²) in [7, 11) is 0. The van der Waals surface area contributed by atoms with Crippen molar-refractivity contribution in [2.75, 3.05) is 25.1 Å². The van der Waals surface area contributed by atoms with Gasteiger partial charge in [0.05, 0.1) is 24.2 Å². The molecule has 0 fully saturated rings. The Kier molecular flexibility index (Phi) is 5.21. The second-order valence-corrected chi connectivity index (χ2v) is 5.16. The molecule has 0 bridgehead atoms. The molecule has 0 spiro atoms. The normalized spacial score (nSPS) is 13.0. The highest BCUT2D eigenvalue weighted by Crippen LogP contribution is 2.39. The van der Waals surface area contributed by atoms with Gasteiger partial charge in [0, 0.05) is 18.2 Å². The molecular weight excluding hydrogens is 340 g/mol. The first kappa shape index (κ1) is 15.4. The van der Waals surface area contributed by atoms with Crippen LogP contribution in [0.3, 0.4) is 0 Å². The van der Waals surface area contributed by atoms with E-state index in [9.17, 15) is 9.59 Å². The number of halogens is 1. The number of anilines is 1. The standard InChI is InChI=1S/C14H15BrN2O4/c1-2-12(18)16-8-13(19)17-9-6-10(15)14-11(7-9)20-4-3-5-21-14/h2,6-7H,1,3-5,8H2,(H,16,18)(H,17,19). The van der Waals surface area contributed by atoms with Gasteiger partial charge in [-0.1, -0.05) is 6.58 Å². The molecule has 7 heteroatoms. The highest BCUT2D eigenvalue weighted by atomic mass is 79.9. The summed E-state index contributed by atoms with van der Waals surface area (Å²) in [6.07, 6.45) is 1.91. The molecule has 0 unspecified atom stereocenters. The van der Waals surface area contributed by atoms with E-state index in [0.717, 1.165) is 12.5 Å². The fraction of sp³-hybridized carbons (Fsp3) is 0.286. The number of rotatable bonds is 4. The Morgan fingerprint density at radius 3 is 2.86 bits per heavy atom. The molecule has 0 atom stereocenters. The van der Waals surface area contributed by atoms with Crippen LogP contribution in [0, 0.1) is 0 Å². The summed E-state index contributed by atoms with van der Waals surface area (Å²) >= 11 is 3.39. The first-order valence-corrected chi connectivity index (χ1v) is 7.18. The van der Waals surface area contributed by atoms with Crippen LogP contribution in [0.4, 0.5) is 5.69 Å². The Hall–Kier alpha value is -2.02. The number of carbonyl (C=O) groups excluding carboxylic acids is 2. The average Bonchev–Trinajstić information content (AvgIpc) is 2.70. The SMILES string of the molecule is C=CC(=O)NCC(=O)Nc1cc(Br)c2c(c1)OCCCO2. The maximum Gasteiger partial charge on any atom is 0.243 e. The van der Waals surface area contributed by atoms with Crippen molar-refractivity contribution in [3.05, 3.63) is 29.3 Å². The number of amides is 2. The predicted octanol–water partition coefficient (Wildman–Crippen LogP) is 1.85. The maximum atomic E-state index is 11.7. The van der Waals surface area contributed by atoms with Crippen molar-refractivity contribution in [2.45, 2.75) is 6.42 Å². The smallest absolute Gasteiger partial charge is 0.243 e. The lowest BCUT2D eigenvalue weighted by molar-refractivity contribution is -0.121. The lowest BCUT2D eigenvalue weighted by Crippen LogP contribution is -2.31. The Morgan fingerprint density at radius 2 is 2.10 bits per heavy atom. The molecule has 0 radical (unpaired) electrons. The molecule has 0 saturated carbocycles. The van der Waals surface area contributed by atoms with E-state index >= 15 is 0 Å². The van der Waals surface area contributed by atoms with Gasteiger partial charge in [-0.3, -0.25) is 9.59 Å². The second kappa shape index (κ2) is 7.12. The van der Waals surface area contributed by atoms with Crippen LogP contribution in [0.2, 0.25) is 0 Å². The fourth-order valence-electron chi connectivity index (χ4n) is 1.75. The Morgan fingerprint density at radius 1 is 1.33 bits per heavy atom. The topological polar surface area (TPSA) is 76.7 Å². The molecule has 1 aliphatic rings. The van der Waals surface area contributed by atoms with Crippen molar-refractivity contribution in [3.8, 4) is 11.5 Å². The van der Waals surface area contributed by atoms with Crippen LogP contribution in [0.25, 0.3) is 0 Å². The molecule has 2 rings (SSSR count). The summed E-state index contributed by atoms with van der Waals surface area (Å²) in [6, 6.07) is 3.42. The molecule has 112 valence electrons. The van der Waals surface area contributed by atoms with Crippen molar-refractivity contribution in [1.82, 2.24) is 5.32 Å². The molecule has 0 saturated heterocycles. The number of fused-ring (bicyclic) bond motifs is 1. The summed E-state index contributed by atoms with van der Waals surface area (Å²) in [6.45, 7) is 4.33. The fourth-order valence-corrected chi connectivity index (χ4v) is 2.30. The first-order valence-electron chi connectivity index (χ1n) is 6.39. The van der Waals surface area contributed by atoms with Gasteiger partial charge in [-0.05, 0) is 28.1 Å². The number of ether oxygens (including phenoxy) is 2. The van der Waals surface area contributed by atoms with Crippen LogP contribution in [0.5, 0.6) is 11.5 Å². The third kappa shape index (κ3) is 4.22. The third-order valence-corrected chi connectivity index (χ3v) is 3.28. The minimum atomic E-state index is -0.398. The minimum absolute atomic E-state index is 0.128. The first-order chi connectivity index (χ1) is 10.1. The molecule has 1 aliphatic heterocycles. The number of hydrogen-bond donors (Lipinski definition) is 2. The van der Waals surface area contributed by atoms with Crippen molar-refractivity contribution >= 4 is 33.4 Å². The van der Waals surface area contributed by atoms with E-state index < -0.39 is 5.91 Å². The van der Waals surface area contributed by atoms with Gasteiger partial charge in [-0.15, -0.1) is 0 Å².